The Hall–Kier alpha value is -2.84. The van der Waals surface area contributed by atoms with Crippen LogP contribution in [0.25, 0.3) is 10.8 Å². The predicted molar refractivity (Wildman–Crippen MR) is 105 cm³/mol. The van der Waals surface area contributed by atoms with Crippen molar-refractivity contribution >= 4 is 10.8 Å². The molecule has 2 N–H and O–H groups in total. The molecular formula is C22H21F3N2O3. The zero-order chi connectivity index (χ0) is 21.3. The van der Waals surface area contributed by atoms with Crippen molar-refractivity contribution in [3.63, 3.8) is 0 Å². The van der Waals surface area contributed by atoms with Crippen LogP contribution in [0.1, 0.15) is 24.0 Å². The van der Waals surface area contributed by atoms with Crippen LogP contribution in [-0.2, 0) is 13.2 Å². The van der Waals surface area contributed by atoms with E-state index in [1.165, 1.54) is 13.2 Å². The molecule has 0 atom stereocenters. The van der Waals surface area contributed by atoms with Gasteiger partial charge in [-0.05, 0) is 35.9 Å². The Kier molecular flexibility index (Phi) is 5.78. The van der Waals surface area contributed by atoms with Gasteiger partial charge in [0.2, 0.25) is 0 Å². The van der Waals surface area contributed by atoms with Gasteiger partial charge in [-0.25, -0.2) is 13.2 Å². The Morgan fingerprint density at radius 2 is 1.83 bits per heavy atom. The molecule has 0 amide bonds. The van der Waals surface area contributed by atoms with Gasteiger partial charge in [0.15, 0.2) is 17.4 Å². The molecule has 0 saturated heterocycles. The summed E-state index contributed by atoms with van der Waals surface area (Å²) in [7, 11) is 1.20. The van der Waals surface area contributed by atoms with Gasteiger partial charge in [-0.2, -0.15) is 0 Å². The standard InChI is InChI=1S/C22H21F3N2O3/c1-29-22-20(24)7-15(8-21(22)25)30-14-5-13(6-14)27-10-18-16-2-3-26-9-17(16)12(11-28)4-19(18)23/h2-4,7-9,13-14,27-28H,5-6,10-11H2,1H3. The lowest BCUT2D eigenvalue weighted by Gasteiger charge is -2.36. The number of aliphatic hydroxyl groups is 1. The monoisotopic (exact) mass is 418 g/mol. The summed E-state index contributed by atoms with van der Waals surface area (Å²) in [6, 6.07) is 5.35. The highest BCUT2D eigenvalue weighted by atomic mass is 19.1. The quantitative estimate of drug-likeness (QED) is 0.610. The number of aromatic nitrogens is 1. The highest BCUT2D eigenvalue weighted by Gasteiger charge is 2.31. The van der Waals surface area contributed by atoms with Crippen LogP contribution in [0.2, 0.25) is 0 Å². The van der Waals surface area contributed by atoms with Crippen molar-refractivity contribution in [2.45, 2.75) is 38.1 Å². The zero-order valence-corrected chi connectivity index (χ0v) is 16.3. The lowest BCUT2D eigenvalue weighted by molar-refractivity contribution is 0.0834. The van der Waals surface area contributed by atoms with Crippen molar-refractivity contribution in [3.05, 3.63) is 65.2 Å². The van der Waals surface area contributed by atoms with Crippen LogP contribution >= 0.6 is 0 Å². The van der Waals surface area contributed by atoms with Crippen LogP contribution in [0.5, 0.6) is 11.5 Å². The molecule has 0 aliphatic heterocycles. The minimum Gasteiger partial charge on any atom is -0.491 e. The fourth-order valence-corrected chi connectivity index (χ4v) is 3.74. The Bertz CT molecular complexity index is 1050. The van der Waals surface area contributed by atoms with E-state index in [1.807, 2.05) is 0 Å². The third-order valence-electron chi connectivity index (χ3n) is 5.39. The summed E-state index contributed by atoms with van der Waals surface area (Å²) in [6.45, 7) is 0.0439. The lowest BCUT2D eigenvalue weighted by Crippen LogP contribution is -2.46. The first-order valence-corrected chi connectivity index (χ1v) is 9.58. The molecule has 5 nitrogen and oxygen atoms in total. The molecule has 3 aromatic rings. The summed E-state index contributed by atoms with van der Waals surface area (Å²) in [5, 5.41) is 14.2. The number of nitrogens with one attached hydrogen (secondary N) is 1. The number of benzene rings is 2. The number of hydrogen-bond donors (Lipinski definition) is 2. The van der Waals surface area contributed by atoms with Gasteiger partial charge in [-0.3, -0.25) is 4.98 Å². The number of nitrogens with zero attached hydrogens (tertiary/aromatic N) is 1. The number of methoxy groups -OCH3 is 1. The minimum absolute atomic E-state index is 0.0942. The van der Waals surface area contributed by atoms with Gasteiger partial charge in [0.1, 0.15) is 17.7 Å². The molecule has 1 saturated carbocycles. The molecule has 158 valence electrons. The van der Waals surface area contributed by atoms with Crippen molar-refractivity contribution < 1.29 is 27.8 Å². The predicted octanol–water partition coefficient (Wildman–Crippen LogP) is 3.85. The average Bonchev–Trinajstić information content (AvgIpc) is 2.70. The van der Waals surface area contributed by atoms with E-state index >= 15 is 0 Å². The van der Waals surface area contributed by atoms with E-state index in [9.17, 15) is 18.3 Å². The summed E-state index contributed by atoms with van der Waals surface area (Å²) in [4.78, 5) is 4.06. The maximum atomic E-state index is 14.6. The molecule has 0 radical (unpaired) electrons. The molecule has 0 spiro atoms. The highest BCUT2D eigenvalue weighted by molar-refractivity contribution is 5.88. The summed E-state index contributed by atoms with van der Waals surface area (Å²) in [6.07, 6.45) is 4.28. The number of pyridine rings is 1. The molecule has 2 aromatic carbocycles. The van der Waals surface area contributed by atoms with Gasteiger partial charge in [0, 0.05) is 48.1 Å². The Balaban J connectivity index is 1.37. The number of halogens is 3. The van der Waals surface area contributed by atoms with Gasteiger partial charge in [0.25, 0.3) is 0 Å². The van der Waals surface area contributed by atoms with Gasteiger partial charge in [0.05, 0.1) is 13.7 Å². The van der Waals surface area contributed by atoms with E-state index in [2.05, 4.69) is 15.0 Å². The highest BCUT2D eigenvalue weighted by Crippen LogP contribution is 2.31. The number of fused-ring (bicyclic) bond motifs is 1. The van der Waals surface area contributed by atoms with Crippen molar-refractivity contribution in [2.24, 2.45) is 0 Å². The first-order chi connectivity index (χ1) is 14.5. The van der Waals surface area contributed by atoms with E-state index < -0.39 is 17.4 Å². The second-order valence-corrected chi connectivity index (χ2v) is 7.28. The minimum atomic E-state index is -0.815. The van der Waals surface area contributed by atoms with E-state index in [4.69, 9.17) is 4.74 Å². The molecule has 0 bridgehead atoms. The van der Waals surface area contributed by atoms with Crippen LogP contribution in [-0.4, -0.2) is 29.3 Å². The van der Waals surface area contributed by atoms with E-state index in [-0.39, 0.29) is 30.3 Å². The van der Waals surface area contributed by atoms with Gasteiger partial charge in [-0.1, -0.05) is 0 Å². The summed E-state index contributed by atoms with van der Waals surface area (Å²) >= 11 is 0. The maximum Gasteiger partial charge on any atom is 0.190 e. The van der Waals surface area contributed by atoms with Crippen molar-refractivity contribution in [1.29, 1.82) is 0 Å². The first kappa shape index (κ1) is 20.4. The fraction of sp³-hybridized carbons (Fsp3) is 0.318. The maximum absolute atomic E-state index is 14.6. The molecule has 1 aliphatic carbocycles. The van der Waals surface area contributed by atoms with Crippen LogP contribution in [0.15, 0.2) is 36.7 Å². The van der Waals surface area contributed by atoms with E-state index in [1.54, 1.807) is 18.5 Å². The first-order valence-electron chi connectivity index (χ1n) is 9.58. The van der Waals surface area contributed by atoms with Crippen LogP contribution in [0.4, 0.5) is 13.2 Å². The molecule has 30 heavy (non-hydrogen) atoms. The molecule has 1 aromatic heterocycles. The smallest absolute Gasteiger partial charge is 0.190 e. The molecule has 1 fully saturated rings. The molecule has 0 unspecified atom stereocenters. The Morgan fingerprint density at radius 3 is 2.50 bits per heavy atom. The Morgan fingerprint density at radius 1 is 1.10 bits per heavy atom. The molecule has 1 heterocycles. The third-order valence-corrected chi connectivity index (χ3v) is 5.39. The van der Waals surface area contributed by atoms with E-state index in [0.29, 0.717) is 35.9 Å². The summed E-state index contributed by atoms with van der Waals surface area (Å²) in [5.41, 5.74) is 1.00. The van der Waals surface area contributed by atoms with E-state index in [0.717, 1.165) is 17.5 Å². The topological polar surface area (TPSA) is 63.6 Å². The van der Waals surface area contributed by atoms with Gasteiger partial charge < -0.3 is 19.9 Å². The second kappa shape index (κ2) is 8.49. The van der Waals surface area contributed by atoms with Crippen molar-refractivity contribution in [3.8, 4) is 11.5 Å². The van der Waals surface area contributed by atoms with Crippen LogP contribution < -0.4 is 14.8 Å². The summed E-state index contributed by atoms with van der Waals surface area (Å²) in [5.74, 6) is -2.35. The van der Waals surface area contributed by atoms with Gasteiger partial charge in [-0.15, -0.1) is 0 Å². The fourth-order valence-electron chi connectivity index (χ4n) is 3.74. The van der Waals surface area contributed by atoms with Crippen molar-refractivity contribution in [2.75, 3.05) is 7.11 Å². The third kappa shape index (κ3) is 3.93. The largest absolute Gasteiger partial charge is 0.491 e. The number of aliphatic hydroxyl groups excluding tert-OH is 1. The zero-order valence-electron chi connectivity index (χ0n) is 16.3. The molecule has 1 aliphatic rings. The van der Waals surface area contributed by atoms with Gasteiger partial charge >= 0.3 is 0 Å². The molecule has 8 heteroatoms. The average molecular weight is 418 g/mol. The molecular weight excluding hydrogens is 397 g/mol. The van der Waals surface area contributed by atoms with Crippen LogP contribution in [0, 0.1) is 17.5 Å². The summed E-state index contributed by atoms with van der Waals surface area (Å²) < 4.78 is 52.4. The van der Waals surface area contributed by atoms with Crippen LogP contribution in [0.3, 0.4) is 0 Å². The molecule has 4 rings (SSSR count). The SMILES string of the molecule is COc1c(F)cc(OC2CC(NCc3c(F)cc(CO)c4cnccc34)C2)cc1F. The second-order valence-electron chi connectivity index (χ2n) is 7.28. The normalized spacial score (nSPS) is 18.3. The van der Waals surface area contributed by atoms with Crippen molar-refractivity contribution in [1.82, 2.24) is 10.3 Å². The Labute approximate surface area is 171 Å². The number of hydrogen-bond acceptors (Lipinski definition) is 5. The lowest BCUT2D eigenvalue weighted by atomic mass is 9.88. The number of ether oxygens (including phenoxy) is 2. The number of rotatable bonds is 7.